The van der Waals surface area contributed by atoms with E-state index in [0.29, 0.717) is 30.9 Å². The SMILES string of the molecule is Cc1c2c(nn1CC1(C)CC(=O)C3=C(C1)Nc1n[nH]c(C(F)(F)F)c1C3(C)c1ccccc1F)NC1=C(C(=O)CC(C)(C)C1)C2c1ccccc1. The van der Waals surface area contributed by atoms with Gasteiger partial charge in [-0.1, -0.05) is 69.3 Å². The maximum Gasteiger partial charge on any atom is 0.433 e. The molecule has 264 valence electrons. The monoisotopic (exact) mass is 698 g/mol. The van der Waals surface area contributed by atoms with E-state index in [1.165, 1.54) is 25.1 Å². The molecule has 0 bridgehead atoms. The van der Waals surface area contributed by atoms with E-state index in [4.69, 9.17) is 5.10 Å². The summed E-state index contributed by atoms with van der Waals surface area (Å²) < 4.78 is 60.5. The Morgan fingerprint density at radius 3 is 2.25 bits per heavy atom. The summed E-state index contributed by atoms with van der Waals surface area (Å²) in [5, 5.41) is 17.7. The van der Waals surface area contributed by atoms with E-state index in [2.05, 4.69) is 34.7 Å². The number of hydrogen-bond acceptors (Lipinski definition) is 6. The number of anilines is 2. The number of alkyl halides is 3. The van der Waals surface area contributed by atoms with Crippen molar-refractivity contribution >= 4 is 23.2 Å². The fraction of sp³-hybridized carbons (Fsp3) is 0.385. The van der Waals surface area contributed by atoms with Crippen LogP contribution in [0.2, 0.25) is 0 Å². The zero-order valence-electron chi connectivity index (χ0n) is 29.0. The van der Waals surface area contributed by atoms with Gasteiger partial charge in [-0.2, -0.15) is 23.4 Å². The van der Waals surface area contributed by atoms with E-state index in [1.807, 2.05) is 48.9 Å². The van der Waals surface area contributed by atoms with Crippen molar-refractivity contribution in [1.82, 2.24) is 20.0 Å². The second-order valence-electron chi connectivity index (χ2n) is 15.8. The van der Waals surface area contributed by atoms with Crippen LogP contribution in [0.5, 0.6) is 0 Å². The van der Waals surface area contributed by atoms with Crippen molar-refractivity contribution in [3.63, 3.8) is 0 Å². The number of carbonyl (C=O) groups is 2. The lowest BCUT2D eigenvalue weighted by molar-refractivity contribution is -0.142. The fourth-order valence-corrected chi connectivity index (χ4v) is 9.11. The molecular formula is C39H38F4N6O2. The number of carbonyl (C=O) groups excluding carboxylic acids is 2. The van der Waals surface area contributed by atoms with Gasteiger partial charge in [-0.15, -0.1) is 0 Å². The summed E-state index contributed by atoms with van der Waals surface area (Å²) in [7, 11) is 0. The number of hydrogen-bond donors (Lipinski definition) is 3. The molecule has 3 unspecified atom stereocenters. The van der Waals surface area contributed by atoms with Crippen LogP contribution in [0.1, 0.15) is 92.9 Å². The van der Waals surface area contributed by atoms with Gasteiger partial charge in [0.15, 0.2) is 23.2 Å². The molecule has 0 saturated carbocycles. The zero-order valence-corrected chi connectivity index (χ0v) is 29.0. The Morgan fingerprint density at radius 2 is 1.55 bits per heavy atom. The van der Waals surface area contributed by atoms with E-state index in [9.17, 15) is 22.8 Å². The summed E-state index contributed by atoms with van der Waals surface area (Å²) in [5.74, 6) is -0.721. The Morgan fingerprint density at radius 1 is 0.863 bits per heavy atom. The highest BCUT2D eigenvalue weighted by Crippen LogP contribution is 2.56. The normalized spacial score (nSPS) is 25.5. The molecule has 2 aromatic heterocycles. The van der Waals surface area contributed by atoms with Crippen LogP contribution in [-0.2, 0) is 27.7 Å². The lowest BCUT2D eigenvalue weighted by Crippen LogP contribution is -2.44. The van der Waals surface area contributed by atoms with Gasteiger partial charge in [-0.3, -0.25) is 19.4 Å². The number of aromatic nitrogens is 4. The molecule has 8 nitrogen and oxygen atoms in total. The Hall–Kier alpha value is -5.00. The summed E-state index contributed by atoms with van der Waals surface area (Å²) in [4.78, 5) is 28.1. The molecule has 0 spiro atoms. The third-order valence-electron chi connectivity index (χ3n) is 11.2. The number of fused-ring (bicyclic) bond motifs is 2. The second kappa shape index (κ2) is 11.0. The number of nitrogens with zero attached hydrogens (tertiary/aromatic N) is 3. The Kier molecular flexibility index (Phi) is 7.15. The number of H-pyrrole nitrogens is 1. The Bertz CT molecular complexity index is 2210. The van der Waals surface area contributed by atoms with Crippen molar-refractivity contribution in [2.45, 2.75) is 84.4 Å². The summed E-state index contributed by atoms with van der Waals surface area (Å²) in [6, 6.07) is 15.5. The van der Waals surface area contributed by atoms with Gasteiger partial charge >= 0.3 is 6.18 Å². The fourth-order valence-electron chi connectivity index (χ4n) is 9.11. The lowest BCUT2D eigenvalue weighted by Gasteiger charge is -2.44. The third-order valence-corrected chi connectivity index (χ3v) is 11.2. The number of ketones is 2. The van der Waals surface area contributed by atoms with Crippen molar-refractivity contribution in [2.24, 2.45) is 10.8 Å². The molecule has 0 saturated heterocycles. The Labute approximate surface area is 292 Å². The van der Waals surface area contributed by atoms with Crippen LogP contribution >= 0.6 is 0 Å². The van der Waals surface area contributed by atoms with Crippen LogP contribution in [0, 0.1) is 23.6 Å². The van der Waals surface area contributed by atoms with Gasteiger partial charge in [-0.25, -0.2) is 4.39 Å². The van der Waals surface area contributed by atoms with Gasteiger partial charge < -0.3 is 10.6 Å². The molecule has 4 aliphatic rings. The molecule has 12 heteroatoms. The van der Waals surface area contributed by atoms with E-state index in [1.54, 1.807) is 6.07 Å². The number of rotatable bonds is 4. The smallest absolute Gasteiger partial charge is 0.342 e. The molecule has 3 N–H and O–H groups in total. The minimum Gasteiger partial charge on any atom is -0.342 e. The third kappa shape index (κ3) is 5.08. The number of nitrogens with one attached hydrogen (secondary N) is 3. The van der Waals surface area contributed by atoms with Crippen molar-refractivity contribution < 1.29 is 27.2 Å². The zero-order chi connectivity index (χ0) is 36.2. The van der Waals surface area contributed by atoms with Gasteiger partial charge in [0.2, 0.25) is 0 Å². The maximum absolute atomic E-state index is 15.6. The van der Waals surface area contributed by atoms with Crippen molar-refractivity contribution in [2.75, 3.05) is 10.6 Å². The summed E-state index contributed by atoms with van der Waals surface area (Å²) >= 11 is 0. The van der Waals surface area contributed by atoms with Gasteiger partial charge in [0, 0.05) is 70.2 Å². The highest BCUT2D eigenvalue weighted by Gasteiger charge is 2.55. The van der Waals surface area contributed by atoms with Crippen molar-refractivity contribution in [1.29, 1.82) is 0 Å². The molecule has 8 rings (SSSR count). The second-order valence-corrected chi connectivity index (χ2v) is 15.8. The van der Waals surface area contributed by atoms with Crippen LogP contribution in [-0.4, -0.2) is 31.5 Å². The first-order valence-electron chi connectivity index (χ1n) is 17.1. The predicted molar refractivity (Wildman–Crippen MR) is 183 cm³/mol. The highest BCUT2D eigenvalue weighted by molar-refractivity contribution is 6.03. The topological polar surface area (TPSA) is 105 Å². The number of aromatic amines is 1. The van der Waals surface area contributed by atoms with Crippen molar-refractivity contribution in [3.05, 3.63) is 117 Å². The molecule has 0 radical (unpaired) electrons. The first-order chi connectivity index (χ1) is 24.0. The molecular weight excluding hydrogens is 660 g/mol. The number of benzene rings is 2. The van der Waals surface area contributed by atoms with Crippen LogP contribution in [0.15, 0.2) is 77.1 Å². The molecule has 2 aliphatic heterocycles. The van der Waals surface area contributed by atoms with Crippen molar-refractivity contribution in [3.8, 4) is 0 Å². The number of halogens is 4. The van der Waals surface area contributed by atoms with Crippen LogP contribution < -0.4 is 10.6 Å². The molecule has 0 amide bonds. The van der Waals surface area contributed by atoms with E-state index >= 15 is 4.39 Å². The number of allylic oxidation sites excluding steroid dienone is 4. The largest absolute Gasteiger partial charge is 0.433 e. The average Bonchev–Trinajstić information content (AvgIpc) is 3.61. The van der Waals surface area contributed by atoms with Gasteiger partial charge in [-0.05, 0) is 49.1 Å². The Balaban J connectivity index is 1.20. The molecule has 51 heavy (non-hydrogen) atoms. The van der Waals surface area contributed by atoms with Crippen LogP contribution in [0.25, 0.3) is 0 Å². The van der Waals surface area contributed by atoms with Gasteiger partial charge in [0.1, 0.15) is 11.5 Å². The molecule has 4 heterocycles. The maximum atomic E-state index is 15.6. The quantitative estimate of drug-likeness (QED) is 0.185. The summed E-state index contributed by atoms with van der Waals surface area (Å²) in [6.07, 6.45) is -3.42. The van der Waals surface area contributed by atoms with E-state index in [0.717, 1.165) is 28.1 Å². The van der Waals surface area contributed by atoms with Crippen LogP contribution in [0.3, 0.4) is 0 Å². The van der Waals surface area contributed by atoms with Crippen LogP contribution in [0.4, 0.5) is 29.2 Å². The minimum absolute atomic E-state index is 0.00692. The number of Topliss-reactive ketones (excluding diaryl/α,β-unsaturated/α-hetero) is 2. The molecule has 2 aliphatic carbocycles. The van der Waals surface area contributed by atoms with Gasteiger partial charge in [0.05, 0.1) is 5.41 Å². The van der Waals surface area contributed by atoms with E-state index < -0.39 is 28.5 Å². The molecule has 4 aromatic rings. The highest BCUT2D eigenvalue weighted by atomic mass is 19.4. The van der Waals surface area contributed by atoms with E-state index in [-0.39, 0.29) is 58.3 Å². The first kappa shape index (κ1) is 33.2. The first-order valence-corrected chi connectivity index (χ1v) is 17.1. The summed E-state index contributed by atoms with van der Waals surface area (Å²) in [6.45, 7) is 9.88. The lowest BCUT2D eigenvalue weighted by atomic mass is 9.61. The molecule has 0 fully saturated rings. The minimum atomic E-state index is -4.82. The molecule has 2 aromatic carbocycles. The van der Waals surface area contributed by atoms with Gasteiger partial charge in [0.25, 0.3) is 0 Å². The average molecular weight is 699 g/mol. The predicted octanol–water partition coefficient (Wildman–Crippen LogP) is 8.33. The summed E-state index contributed by atoms with van der Waals surface area (Å²) in [5.41, 5.74) is 0.719. The standard InChI is InChI=1S/C39H38F4N6O2/c1-20-28-29(21-11-7-6-8-12-21)30-24(15-36(2,3)17-26(30)50)44-34(28)48-49(20)19-37(4)16-25-31(27(51)18-37)38(5,22-13-9-10-14-23(22)40)32-33(39(41,42)43)46-47-35(32)45-25/h6-14,29H,15-19H2,1-5H3,(H,44,48)(H2,45,46,47). The molecule has 3 atom stereocenters.